The molecule has 0 saturated heterocycles. The van der Waals surface area contributed by atoms with Gasteiger partial charge in [-0.05, 0) is 44.0 Å². The van der Waals surface area contributed by atoms with E-state index in [1.165, 1.54) is 0 Å². The number of amides is 1. The van der Waals surface area contributed by atoms with Crippen molar-refractivity contribution >= 4 is 11.6 Å². The number of carbonyl (C=O) groups excluding carboxylic acids is 1. The number of fused-ring (bicyclic) bond motifs is 1. The molecule has 1 aromatic carbocycles. The minimum atomic E-state index is -0.166. The van der Waals surface area contributed by atoms with Crippen LogP contribution >= 0.6 is 0 Å². The number of nitrogens with one attached hydrogen (secondary N) is 1. The standard InChI is InChI=1S/C16H19N3O2/c1-2-21-13-8-6-12(7-9-13)17-16(20)14-11-19-10-4-3-5-15(19)18-14/h6-9,11H,2-5,10H2,1H3,(H,17,20). The van der Waals surface area contributed by atoms with Crippen molar-refractivity contribution in [2.45, 2.75) is 32.7 Å². The van der Waals surface area contributed by atoms with Crippen molar-refractivity contribution in [2.75, 3.05) is 11.9 Å². The topological polar surface area (TPSA) is 56.1 Å². The number of ether oxygens (including phenoxy) is 1. The Balaban J connectivity index is 1.69. The molecule has 0 aliphatic carbocycles. The SMILES string of the molecule is CCOc1ccc(NC(=O)c2cn3c(n2)CCCC3)cc1. The molecule has 2 aromatic rings. The van der Waals surface area contributed by atoms with Gasteiger partial charge in [-0.25, -0.2) is 4.98 Å². The number of rotatable bonds is 4. The van der Waals surface area contributed by atoms with Gasteiger partial charge in [0.25, 0.3) is 5.91 Å². The van der Waals surface area contributed by atoms with Crippen LogP contribution in [0.4, 0.5) is 5.69 Å². The smallest absolute Gasteiger partial charge is 0.275 e. The summed E-state index contributed by atoms with van der Waals surface area (Å²) in [5, 5.41) is 2.87. The van der Waals surface area contributed by atoms with E-state index in [1.807, 2.05) is 37.4 Å². The Labute approximate surface area is 124 Å². The fourth-order valence-electron chi connectivity index (χ4n) is 2.52. The fourth-order valence-corrected chi connectivity index (χ4v) is 2.52. The number of imidazole rings is 1. The predicted octanol–water partition coefficient (Wildman–Crippen LogP) is 2.87. The molecule has 21 heavy (non-hydrogen) atoms. The maximum absolute atomic E-state index is 12.2. The van der Waals surface area contributed by atoms with Gasteiger partial charge in [-0.15, -0.1) is 0 Å². The van der Waals surface area contributed by atoms with Gasteiger partial charge in [-0.1, -0.05) is 0 Å². The molecule has 0 unspecified atom stereocenters. The van der Waals surface area contributed by atoms with E-state index < -0.39 is 0 Å². The van der Waals surface area contributed by atoms with Crippen molar-refractivity contribution in [3.05, 3.63) is 42.0 Å². The van der Waals surface area contributed by atoms with Crippen LogP contribution in [0.2, 0.25) is 0 Å². The lowest BCUT2D eigenvalue weighted by Gasteiger charge is -2.11. The Morgan fingerprint density at radius 3 is 2.86 bits per heavy atom. The van der Waals surface area contributed by atoms with E-state index in [4.69, 9.17) is 4.74 Å². The first kappa shape index (κ1) is 13.7. The highest BCUT2D eigenvalue weighted by molar-refractivity contribution is 6.02. The summed E-state index contributed by atoms with van der Waals surface area (Å²) < 4.78 is 7.46. The van der Waals surface area contributed by atoms with Crippen molar-refractivity contribution in [3.63, 3.8) is 0 Å². The van der Waals surface area contributed by atoms with Crippen LogP contribution in [0.1, 0.15) is 36.1 Å². The Morgan fingerprint density at radius 1 is 1.33 bits per heavy atom. The highest BCUT2D eigenvalue weighted by Gasteiger charge is 2.16. The number of anilines is 1. The van der Waals surface area contributed by atoms with E-state index >= 15 is 0 Å². The van der Waals surface area contributed by atoms with Gasteiger partial charge >= 0.3 is 0 Å². The zero-order chi connectivity index (χ0) is 14.7. The normalized spacial score (nSPS) is 13.6. The molecule has 5 nitrogen and oxygen atoms in total. The van der Waals surface area contributed by atoms with Gasteiger partial charge in [0, 0.05) is 24.8 Å². The van der Waals surface area contributed by atoms with Gasteiger partial charge in [0.15, 0.2) is 0 Å². The second kappa shape index (κ2) is 5.99. The van der Waals surface area contributed by atoms with Crippen molar-refractivity contribution in [3.8, 4) is 5.75 Å². The van der Waals surface area contributed by atoms with Gasteiger partial charge in [-0.3, -0.25) is 4.79 Å². The molecular weight excluding hydrogens is 266 g/mol. The maximum Gasteiger partial charge on any atom is 0.275 e. The lowest BCUT2D eigenvalue weighted by molar-refractivity contribution is 0.102. The monoisotopic (exact) mass is 285 g/mol. The van der Waals surface area contributed by atoms with Crippen LogP contribution in [-0.2, 0) is 13.0 Å². The summed E-state index contributed by atoms with van der Waals surface area (Å²) in [6.45, 7) is 3.53. The average Bonchev–Trinajstić information content (AvgIpc) is 2.94. The number of benzene rings is 1. The van der Waals surface area contributed by atoms with Gasteiger partial charge in [-0.2, -0.15) is 0 Å². The number of aromatic nitrogens is 2. The number of hydrogen-bond donors (Lipinski definition) is 1. The van der Waals surface area contributed by atoms with Crippen molar-refractivity contribution in [1.29, 1.82) is 0 Å². The fraction of sp³-hybridized carbons (Fsp3) is 0.375. The van der Waals surface area contributed by atoms with Crippen LogP contribution < -0.4 is 10.1 Å². The summed E-state index contributed by atoms with van der Waals surface area (Å²) in [5.74, 6) is 1.65. The third kappa shape index (κ3) is 3.07. The van der Waals surface area contributed by atoms with E-state index in [0.29, 0.717) is 12.3 Å². The van der Waals surface area contributed by atoms with Crippen molar-refractivity contribution in [2.24, 2.45) is 0 Å². The molecule has 1 aliphatic rings. The molecular formula is C16H19N3O2. The molecule has 0 saturated carbocycles. The summed E-state index contributed by atoms with van der Waals surface area (Å²) >= 11 is 0. The van der Waals surface area contributed by atoms with Gasteiger partial charge in [0.2, 0.25) is 0 Å². The van der Waals surface area contributed by atoms with Crippen LogP contribution in [0.15, 0.2) is 30.5 Å². The first-order chi connectivity index (χ1) is 10.3. The first-order valence-electron chi connectivity index (χ1n) is 7.36. The molecule has 0 bridgehead atoms. The highest BCUT2D eigenvalue weighted by atomic mass is 16.5. The Morgan fingerprint density at radius 2 is 2.14 bits per heavy atom. The average molecular weight is 285 g/mol. The molecule has 5 heteroatoms. The molecule has 0 atom stereocenters. The first-order valence-corrected chi connectivity index (χ1v) is 7.36. The van der Waals surface area contributed by atoms with Crippen LogP contribution in [0.3, 0.4) is 0 Å². The Kier molecular flexibility index (Phi) is 3.90. The zero-order valence-electron chi connectivity index (χ0n) is 12.1. The minimum absolute atomic E-state index is 0.166. The number of nitrogens with zero attached hydrogens (tertiary/aromatic N) is 2. The van der Waals surface area contributed by atoms with E-state index in [9.17, 15) is 4.79 Å². The van der Waals surface area contributed by atoms with E-state index in [-0.39, 0.29) is 5.91 Å². The molecule has 1 N–H and O–H groups in total. The summed E-state index contributed by atoms with van der Waals surface area (Å²) in [6.07, 6.45) is 5.11. The summed E-state index contributed by atoms with van der Waals surface area (Å²) in [5.41, 5.74) is 1.23. The predicted molar refractivity (Wildman–Crippen MR) is 80.7 cm³/mol. The number of hydrogen-bond acceptors (Lipinski definition) is 3. The van der Waals surface area contributed by atoms with Crippen molar-refractivity contribution < 1.29 is 9.53 Å². The van der Waals surface area contributed by atoms with Crippen LogP contribution in [0.25, 0.3) is 0 Å². The van der Waals surface area contributed by atoms with E-state index in [0.717, 1.165) is 43.1 Å². The second-order valence-corrected chi connectivity index (χ2v) is 5.10. The van der Waals surface area contributed by atoms with E-state index in [2.05, 4.69) is 14.9 Å². The molecule has 2 heterocycles. The summed E-state index contributed by atoms with van der Waals surface area (Å²) in [4.78, 5) is 16.6. The maximum atomic E-state index is 12.2. The third-order valence-electron chi connectivity index (χ3n) is 3.56. The summed E-state index contributed by atoms with van der Waals surface area (Å²) in [6, 6.07) is 7.35. The van der Waals surface area contributed by atoms with Gasteiger partial charge < -0.3 is 14.6 Å². The number of aryl methyl sites for hydroxylation is 2. The largest absolute Gasteiger partial charge is 0.494 e. The number of carbonyl (C=O) groups is 1. The van der Waals surface area contributed by atoms with Gasteiger partial charge in [0.1, 0.15) is 17.3 Å². The summed E-state index contributed by atoms with van der Waals surface area (Å²) in [7, 11) is 0. The Bertz CT molecular complexity index is 608. The quantitative estimate of drug-likeness (QED) is 0.939. The molecule has 110 valence electrons. The molecule has 3 rings (SSSR count). The molecule has 1 amide bonds. The third-order valence-corrected chi connectivity index (χ3v) is 3.56. The van der Waals surface area contributed by atoms with Gasteiger partial charge in [0.05, 0.1) is 6.61 Å². The zero-order valence-corrected chi connectivity index (χ0v) is 12.1. The minimum Gasteiger partial charge on any atom is -0.494 e. The molecule has 0 spiro atoms. The van der Waals surface area contributed by atoms with Crippen molar-refractivity contribution in [1.82, 2.24) is 9.55 Å². The van der Waals surface area contributed by atoms with E-state index in [1.54, 1.807) is 0 Å². The molecule has 0 fully saturated rings. The van der Waals surface area contributed by atoms with Crippen LogP contribution in [0.5, 0.6) is 5.75 Å². The highest BCUT2D eigenvalue weighted by Crippen LogP contribution is 2.18. The molecule has 1 aliphatic heterocycles. The Hall–Kier alpha value is -2.30. The van der Waals surface area contributed by atoms with Crippen LogP contribution in [0, 0.1) is 0 Å². The van der Waals surface area contributed by atoms with Crippen LogP contribution in [-0.4, -0.2) is 22.1 Å². The molecule has 1 aromatic heterocycles. The second-order valence-electron chi connectivity index (χ2n) is 5.10. The molecule has 0 radical (unpaired) electrons. The lowest BCUT2D eigenvalue weighted by atomic mass is 10.2. The lowest BCUT2D eigenvalue weighted by Crippen LogP contribution is -2.12.